The van der Waals surface area contributed by atoms with Crippen LogP contribution in [-0.2, 0) is 0 Å². The Labute approximate surface area is 214 Å². The van der Waals surface area contributed by atoms with Crippen LogP contribution in [-0.4, -0.2) is 48.4 Å². The minimum Gasteiger partial charge on any atom is -0.368 e. The molecule has 0 radical (unpaired) electrons. The number of aromatic nitrogens is 6. The summed E-state index contributed by atoms with van der Waals surface area (Å²) in [5.74, 6) is 0.927. The number of pyridine rings is 1. The Morgan fingerprint density at radius 3 is 2.58 bits per heavy atom. The van der Waals surface area contributed by atoms with Crippen LogP contribution in [0.1, 0.15) is 0 Å². The zero-order valence-electron chi connectivity index (χ0n) is 18.4. The summed E-state index contributed by atoms with van der Waals surface area (Å²) in [5.41, 5.74) is 4.42. The molecule has 0 unspecified atom stereocenters. The van der Waals surface area contributed by atoms with Crippen LogP contribution in [0.5, 0.6) is 0 Å². The van der Waals surface area contributed by atoms with E-state index in [4.69, 9.17) is 28.2 Å². The Morgan fingerprint density at radius 1 is 0.944 bits per heavy atom. The van der Waals surface area contributed by atoms with Gasteiger partial charge in [0.2, 0.25) is 5.95 Å². The molecule has 0 saturated carbocycles. The highest BCUT2D eigenvalue weighted by atomic mass is 35.5. The van der Waals surface area contributed by atoms with E-state index in [0.717, 1.165) is 16.6 Å². The number of hydrogen-bond donors (Lipinski definition) is 3. The zero-order chi connectivity index (χ0) is 25.1. The molecule has 5 aromatic rings. The van der Waals surface area contributed by atoms with E-state index in [9.17, 15) is 10.1 Å². The van der Waals surface area contributed by atoms with Crippen LogP contribution in [0.3, 0.4) is 0 Å². The van der Waals surface area contributed by atoms with E-state index in [1.807, 2.05) is 24.3 Å². The van der Waals surface area contributed by atoms with Gasteiger partial charge in [-0.2, -0.15) is 0 Å². The molecule has 3 heterocycles. The van der Waals surface area contributed by atoms with Gasteiger partial charge in [-0.1, -0.05) is 34.5 Å². The van der Waals surface area contributed by atoms with Gasteiger partial charge in [-0.05, 0) is 42.0 Å². The lowest BCUT2D eigenvalue weighted by atomic mass is 10.0. The molecule has 0 fully saturated rings. The molecule has 3 N–H and O–H groups in total. The summed E-state index contributed by atoms with van der Waals surface area (Å²) in [6.07, 6.45) is 2.93. The van der Waals surface area contributed by atoms with Gasteiger partial charge >= 0.3 is 0 Å². The average molecular weight is 522 g/mol. The molecular weight excluding hydrogens is 505 g/mol. The van der Waals surface area contributed by atoms with Gasteiger partial charge in [-0.15, -0.1) is 5.10 Å². The van der Waals surface area contributed by atoms with Crippen LogP contribution in [0.4, 0.5) is 17.5 Å². The molecule has 180 valence electrons. The van der Waals surface area contributed by atoms with Crippen molar-refractivity contribution in [2.24, 2.45) is 0 Å². The summed E-state index contributed by atoms with van der Waals surface area (Å²) in [7, 11) is 0. The van der Waals surface area contributed by atoms with Crippen LogP contribution >= 0.6 is 23.2 Å². The van der Waals surface area contributed by atoms with Crippen LogP contribution in [0, 0.1) is 10.1 Å². The van der Waals surface area contributed by atoms with E-state index in [1.165, 1.54) is 12.3 Å². The van der Waals surface area contributed by atoms with Crippen molar-refractivity contribution >= 4 is 51.7 Å². The van der Waals surface area contributed by atoms with Crippen LogP contribution in [0.15, 0.2) is 60.9 Å². The van der Waals surface area contributed by atoms with E-state index in [1.54, 1.807) is 24.4 Å². The third-order valence-corrected chi connectivity index (χ3v) is 5.83. The summed E-state index contributed by atoms with van der Waals surface area (Å²) in [4.78, 5) is 23.5. The molecule has 0 amide bonds. The van der Waals surface area contributed by atoms with Gasteiger partial charge in [0.05, 0.1) is 21.2 Å². The highest BCUT2D eigenvalue weighted by Gasteiger charge is 2.16. The average Bonchev–Trinajstić information content (AvgIpc) is 3.35. The van der Waals surface area contributed by atoms with Crippen molar-refractivity contribution in [2.45, 2.75) is 0 Å². The molecule has 0 aliphatic heterocycles. The highest BCUT2D eigenvalue weighted by molar-refractivity contribution is 6.36. The number of halogens is 2. The molecule has 0 saturated heterocycles. The molecule has 0 spiro atoms. The molecular formula is C23H17Cl2N9O2. The van der Waals surface area contributed by atoms with Crippen molar-refractivity contribution in [3.63, 3.8) is 0 Å². The number of nitro groups is 1. The number of hydrogen-bond acceptors (Lipinski definition) is 9. The number of H-pyrrole nitrogens is 1. The molecule has 0 bridgehead atoms. The first kappa shape index (κ1) is 23.4. The first-order valence-corrected chi connectivity index (χ1v) is 11.5. The molecule has 0 aliphatic rings. The molecule has 11 nitrogen and oxygen atoms in total. The molecule has 36 heavy (non-hydrogen) atoms. The number of anilines is 2. The Bertz CT molecular complexity index is 1560. The van der Waals surface area contributed by atoms with E-state index in [2.05, 4.69) is 36.0 Å². The van der Waals surface area contributed by atoms with Gasteiger partial charge in [0.15, 0.2) is 0 Å². The van der Waals surface area contributed by atoms with E-state index in [0.29, 0.717) is 51.7 Å². The standard InChI is InChI=1S/C23H17Cl2N9O2/c24-14-2-4-16(18(25)10-14)22-17(13-1-5-19-20(9-13)32-33-31-19)12-29-23(30-22)27-8-7-26-21-6-3-15(11-28-21)34(35)36/h1-6,9-12H,7-8H2,(H,26,28)(H,27,29,30)(H,31,32,33). The number of aromatic amines is 1. The zero-order valence-corrected chi connectivity index (χ0v) is 20.0. The summed E-state index contributed by atoms with van der Waals surface area (Å²) >= 11 is 12.6. The van der Waals surface area contributed by atoms with Gasteiger partial charge in [0, 0.05) is 41.5 Å². The van der Waals surface area contributed by atoms with Crippen molar-refractivity contribution in [2.75, 3.05) is 23.7 Å². The molecule has 2 aromatic carbocycles. The van der Waals surface area contributed by atoms with Gasteiger partial charge in [0.1, 0.15) is 17.5 Å². The van der Waals surface area contributed by atoms with E-state index >= 15 is 0 Å². The summed E-state index contributed by atoms with van der Waals surface area (Å²) < 4.78 is 0. The first-order chi connectivity index (χ1) is 17.5. The summed E-state index contributed by atoms with van der Waals surface area (Å²) in [6.45, 7) is 0.951. The minimum absolute atomic E-state index is 0.0664. The fraction of sp³-hybridized carbons (Fsp3) is 0.0870. The number of nitrogens with one attached hydrogen (secondary N) is 3. The minimum atomic E-state index is -0.492. The quantitative estimate of drug-likeness (QED) is 0.142. The summed E-state index contributed by atoms with van der Waals surface area (Å²) in [6, 6.07) is 13.9. The van der Waals surface area contributed by atoms with E-state index in [-0.39, 0.29) is 5.69 Å². The highest BCUT2D eigenvalue weighted by Crippen LogP contribution is 2.36. The van der Waals surface area contributed by atoms with Crippen molar-refractivity contribution in [1.82, 2.24) is 30.4 Å². The third-order valence-electron chi connectivity index (χ3n) is 5.28. The summed E-state index contributed by atoms with van der Waals surface area (Å²) in [5, 5.41) is 28.8. The molecule has 0 atom stereocenters. The fourth-order valence-corrected chi connectivity index (χ4v) is 4.04. The maximum Gasteiger partial charge on any atom is 0.287 e. The Hall–Kier alpha value is -4.35. The van der Waals surface area contributed by atoms with Gasteiger partial charge in [-0.25, -0.2) is 15.0 Å². The number of fused-ring (bicyclic) bond motifs is 1. The second-order valence-electron chi connectivity index (χ2n) is 7.64. The van der Waals surface area contributed by atoms with Gasteiger partial charge in [-0.3, -0.25) is 15.2 Å². The van der Waals surface area contributed by atoms with Crippen molar-refractivity contribution in [3.8, 4) is 22.4 Å². The van der Waals surface area contributed by atoms with Gasteiger partial charge < -0.3 is 10.6 Å². The molecule has 13 heteroatoms. The smallest absolute Gasteiger partial charge is 0.287 e. The normalized spacial score (nSPS) is 10.9. The first-order valence-electron chi connectivity index (χ1n) is 10.7. The Balaban J connectivity index is 1.38. The predicted molar refractivity (Wildman–Crippen MR) is 138 cm³/mol. The van der Waals surface area contributed by atoms with Crippen molar-refractivity contribution in [3.05, 3.63) is 81.1 Å². The van der Waals surface area contributed by atoms with Crippen LogP contribution in [0.2, 0.25) is 10.0 Å². The van der Waals surface area contributed by atoms with E-state index < -0.39 is 4.92 Å². The SMILES string of the molecule is O=[N+]([O-])c1ccc(NCCNc2ncc(-c3ccc4[nH]nnc4c3)c(-c3ccc(Cl)cc3Cl)n2)nc1. The topological polar surface area (TPSA) is 147 Å². The number of rotatable bonds is 8. The van der Waals surface area contributed by atoms with Crippen LogP contribution in [0.25, 0.3) is 33.4 Å². The largest absolute Gasteiger partial charge is 0.368 e. The Kier molecular flexibility index (Phi) is 6.56. The van der Waals surface area contributed by atoms with Gasteiger partial charge in [0.25, 0.3) is 5.69 Å². The molecule has 5 rings (SSSR count). The fourth-order valence-electron chi connectivity index (χ4n) is 3.54. The lowest BCUT2D eigenvalue weighted by Gasteiger charge is -2.13. The maximum absolute atomic E-state index is 10.8. The van der Waals surface area contributed by atoms with Crippen molar-refractivity contribution in [1.29, 1.82) is 0 Å². The third kappa shape index (κ3) is 5.02. The monoisotopic (exact) mass is 521 g/mol. The Morgan fingerprint density at radius 2 is 1.81 bits per heavy atom. The maximum atomic E-state index is 10.8. The second-order valence-corrected chi connectivity index (χ2v) is 8.48. The van der Waals surface area contributed by atoms with Crippen molar-refractivity contribution < 1.29 is 4.92 Å². The van der Waals surface area contributed by atoms with Crippen LogP contribution < -0.4 is 10.6 Å². The lowest BCUT2D eigenvalue weighted by molar-refractivity contribution is -0.385. The predicted octanol–water partition coefficient (Wildman–Crippen LogP) is 5.22. The molecule has 3 aromatic heterocycles. The second kappa shape index (κ2) is 10.1. The number of benzene rings is 2. The molecule has 0 aliphatic carbocycles. The lowest BCUT2D eigenvalue weighted by Crippen LogP contribution is -2.16. The number of nitrogens with zero attached hydrogens (tertiary/aromatic N) is 6.